The lowest BCUT2D eigenvalue weighted by Gasteiger charge is -2.34. The maximum Gasteiger partial charge on any atom is 0.410 e. The van der Waals surface area contributed by atoms with Crippen molar-refractivity contribution in [3.8, 4) is 22.4 Å². The topological polar surface area (TPSA) is 110 Å². The molecule has 0 unspecified atom stereocenters. The van der Waals surface area contributed by atoms with Crippen molar-refractivity contribution in [2.24, 2.45) is 5.92 Å². The first-order valence-electron chi connectivity index (χ1n) is 17.7. The first-order chi connectivity index (χ1) is 24.3. The van der Waals surface area contributed by atoms with Gasteiger partial charge in [-0.1, -0.05) is 84.9 Å². The molecule has 3 aromatic carbocycles. The van der Waals surface area contributed by atoms with Gasteiger partial charge in [0, 0.05) is 30.6 Å². The maximum atomic E-state index is 13.2. The minimum Gasteiger partial charge on any atom is -0.445 e. The summed E-state index contributed by atoms with van der Waals surface area (Å²) in [4.78, 5) is 44.9. The van der Waals surface area contributed by atoms with Crippen molar-refractivity contribution >= 4 is 23.8 Å². The molecule has 0 bridgehead atoms. The van der Waals surface area contributed by atoms with Gasteiger partial charge >= 0.3 is 12.2 Å². The lowest BCUT2D eigenvalue weighted by atomic mass is 9.83. The van der Waals surface area contributed by atoms with Gasteiger partial charge in [-0.05, 0) is 89.0 Å². The van der Waals surface area contributed by atoms with Crippen molar-refractivity contribution in [2.45, 2.75) is 90.5 Å². The fraction of sp³-hybridized carbons (Fsp3) is 0.381. The smallest absolute Gasteiger partial charge is 0.410 e. The minimum absolute atomic E-state index is 0.0493. The maximum absolute atomic E-state index is 13.2. The second kappa shape index (κ2) is 16.2. The molecule has 51 heavy (non-hydrogen) atoms. The number of benzene rings is 3. The lowest BCUT2D eigenvalue weighted by molar-refractivity contribution is -0.117. The molecular formula is C42H50N4O5. The second-order valence-corrected chi connectivity index (χ2v) is 14.9. The van der Waals surface area contributed by atoms with Crippen LogP contribution < -0.4 is 10.6 Å². The van der Waals surface area contributed by atoms with Crippen LogP contribution in [-0.2, 0) is 26.4 Å². The van der Waals surface area contributed by atoms with Gasteiger partial charge in [0.05, 0.1) is 23.1 Å². The highest BCUT2D eigenvalue weighted by Crippen LogP contribution is 2.34. The third-order valence-electron chi connectivity index (χ3n) is 9.28. The van der Waals surface area contributed by atoms with Crippen LogP contribution in [0, 0.1) is 5.92 Å². The number of ether oxygens (including phenoxy) is 2. The van der Waals surface area contributed by atoms with Crippen molar-refractivity contribution in [3.05, 3.63) is 108 Å². The predicted molar refractivity (Wildman–Crippen MR) is 201 cm³/mol. The summed E-state index contributed by atoms with van der Waals surface area (Å²) in [5, 5.41) is 6.05. The normalized spacial score (nSPS) is 16.1. The Morgan fingerprint density at radius 3 is 2.08 bits per heavy atom. The Labute approximate surface area is 301 Å². The van der Waals surface area contributed by atoms with E-state index < -0.39 is 17.2 Å². The van der Waals surface area contributed by atoms with Crippen LogP contribution >= 0.6 is 0 Å². The van der Waals surface area contributed by atoms with Gasteiger partial charge in [-0.3, -0.25) is 9.78 Å². The average Bonchev–Trinajstić information content (AvgIpc) is 3.10. The number of rotatable bonds is 10. The van der Waals surface area contributed by atoms with E-state index in [1.165, 1.54) is 0 Å². The summed E-state index contributed by atoms with van der Waals surface area (Å²) >= 11 is 0. The summed E-state index contributed by atoms with van der Waals surface area (Å²) in [5.74, 6) is 0.190. The first kappa shape index (κ1) is 37.1. The van der Waals surface area contributed by atoms with Gasteiger partial charge in [-0.15, -0.1) is 0 Å². The molecule has 0 atom stereocenters. The van der Waals surface area contributed by atoms with Crippen molar-refractivity contribution in [2.75, 3.05) is 12.4 Å². The molecule has 3 amide bonds. The van der Waals surface area contributed by atoms with E-state index in [1.54, 1.807) is 18.1 Å². The zero-order valence-corrected chi connectivity index (χ0v) is 30.6. The summed E-state index contributed by atoms with van der Waals surface area (Å²) in [6, 6.07) is 29.7. The highest BCUT2D eigenvalue weighted by Gasteiger charge is 2.29. The molecule has 4 aromatic rings. The monoisotopic (exact) mass is 690 g/mol. The van der Waals surface area contributed by atoms with Crippen LogP contribution in [0.4, 0.5) is 15.3 Å². The van der Waals surface area contributed by atoms with Crippen LogP contribution in [-0.4, -0.2) is 46.7 Å². The van der Waals surface area contributed by atoms with Gasteiger partial charge in [-0.2, -0.15) is 0 Å². The van der Waals surface area contributed by atoms with Gasteiger partial charge in [-0.25, -0.2) is 9.59 Å². The number of hydrogen-bond donors (Lipinski definition) is 2. The van der Waals surface area contributed by atoms with Gasteiger partial charge in [0.1, 0.15) is 12.2 Å². The van der Waals surface area contributed by atoms with E-state index in [2.05, 4.69) is 10.6 Å². The van der Waals surface area contributed by atoms with E-state index in [9.17, 15) is 14.4 Å². The molecule has 1 aromatic heterocycles. The van der Waals surface area contributed by atoms with Crippen LogP contribution in [0.3, 0.4) is 0 Å². The Morgan fingerprint density at radius 2 is 1.45 bits per heavy atom. The highest BCUT2D eigenvalue weighted by molar-refractivity contribution is 5.93. The number of carbonyl (C=O) groups excluding carboxylic acids is 3. The largest absolute Gasteiger partial charge is 0.445 e. The van der Waals surface area contributed by atoms with E-state index >= 15 is 0 Å². The lowest BCUT2D eigenvalue weighted by Crippen LogP contribution is -2.43. The second-order valence-electron chi connectivity index (χ2n) is 14.9. The van der Waals surface area contributed by atoms with E-state index in [0.29, 0.717) is 12.1 Å². The number of anilines is 1. The molecule has 0 saturated heterocycles. The molecule has 1 heterocycles. The third-order valence-corrected chi connectivity index (χ3v) is 9.28. The summed E-state index contributed by atoms with van der Waals surface area (Å²) in [6.07, 6.45) is 4.70. The number of alkyl carbamates (subject to hydrolysis) is 1. The van der Waals surface area contributed by atoms with Crippen molar-refractivity contribution < 1.29 is 23.9 Å². The molecule has 1 saturated carbocycles. The Kier molecular flexibility index (Phi) is 11.8. The minimum atomic E-state index is -0.659. The molecule has 1 fully saturated rings. The van der Waals surface area contributed by atoms with Gasteiger partial charge < -0.3 is 25.0 Å². The number of nitrogens with one attached hydrogen (secondary N) is 2. The van der Waals surface area contributed by atoms with E-state index in [0.717, 1.165) is 59.2 Å². The number of nitrogens with zero attached hydrogens (tertiary/aromatic N) is 2. The molecule has 1 aliphatic rings. The Morgan fingerprint density at radius 1 is 0.824 bits per heavy atom. The molecule has 1 aliphatic carbocycles. The van der Waals surface area contributed by atoms with Crippen LogP contribution in [0.2, 0.25) is 0 Å². The van der Waals surface area contributed by atoms with Gasteiger partial charge in [0.15, 0.2) is 0 Å². The Hall–Kier alpha value is -5.18. The number of pyridine rings is 1. The van der Waals surface area contributed by atoms with Crippen LogP contribution in [0.15, 0.2) is 97.2 Å². The quantitative estimate of drug-likeness (QED) is 0.172. The fourth-order valence-electron chi connectivity index (χ4n) is 6.46. The molecule has 0 aliphatic heterocycles. The third kappa shape index (κ3) is 10.4. The van der Waals surface area contributed by atoms with Crippen molar-refractivity contribution in [1.29, 1.82) is 0 Å². The molecule has 2 N–H and O–H groups in total. The molecule has 0 spiro atoms. The Balaban J connectivity index is 1.20. The zero-order valence-electron chi connectivity index (χ0n) is 30.6. The van der Waals surface area contributed by atoms with E-state index in [1.807, 2.05) is 126 Å². The Bertz CT molecular complexity index is 1780. The molecule has 0 radical (unpaired) electrons. The number of aromatic nitrogens is 1. The number of carbonyl (C=O) groups is 3. The number of amides is 3. The molecule has 9 nitrogen and oxygen atoms in total. The highest BCUT2D eigenvalue weighted by atomic mass is 16.6. The zero-order chi connectivity index (χ0) is 36.6. The van der Waals surface area contributed by atoms with Crippen LogP contribution in [0.25, 0.3) is 22.4 Å². The SMILES string of the molecule is CN(C(=O)OCc1ccccc1)C1CCC(CC(=O)Nc2cnc(-c3ccc(C(C)(C)NC(=O)OC(C)(C)C)cc3)c(-c3ccccc3)c2)CC1. The van der Waals surface area contributed by atoms with Crippen molar-refractivity contribution in [3.63, 3.8) is 0 Å². The standard InChI is InChI=1S/C42H50N4O5/c1-41(2,3)51-39(48)45-42(4,5)33-21-19-32(20-22-33)38-36(31-15-11-8-12-16-31)26-34(27-43-38)44-37(47)25-29-17-23-35(24-18-29)46(6)40(49)50-28-30-13-9-7-10-14-30/h7-16,19-22,26-27,29,35H,17-18,23-25,28H2,1-6H3,(H,44,47)(H,45,48). The number of hydrogen-bond acceptors (Lipinski definition) is 6. The summed E-state index contributed by atoms with van der Waals surface area (Å²) in [7, 11) is 1.80. The van der Waals surface area contributed by atoms with Gasteiger partial charge in [0.25, 0.3) is 0 Å². The summed E-state index contributed by atoms with van der Waals surface area (Å²) in [6.45, 7) is 9.64. The van der Waals surface area contributed by atoms with Crippen LogP contribution in [0.1, 0.15) is 77.8 Å². The van der Waals surface area contributed by atoms with E-state index in [-0.39, 0.29) is 30.6 Å². The van der Waals surface area contributed by atoms with Crippen molar-refractivity contribution in [1.82, 2.24) is 15.2 Å². The van der Waals surface area contributed by atoms with E-state index in [4.69, 9.17) is 14.5 Å². The summed E-state index contributed by atoms with van der Waals surface area (Å²) in [5.41, 5.74) is 4.85. The molecule has 5 rings (SSSR count). The average molecular weight is 691 g/mol. The first-order valence-corrected chi connectivity index (χ1v) is 17.7. The molecule has 268 valence electrons. The fourth-order valence-corrected chi connectivity index (χ4v) is 6.46. The molecule has 9 heteroatoms. The summed E-state index contributed by atoms with van der Waals surface area (Å²) < 4.78 is 11.0. The molecular weight excluding hydrogens is 640 g/mol. The van der Waals surface area contributed by atoms with Gasteiger partial charge in [0.2, 0.25) is 5.91 Å². The van der Waals surface area contributed by atoms with Crippen LogP contribution in [0.5, 0.6) is 0 Å². The predicted octanol–water partition coefficient (Wildman–Crippen LogP) is 9.33.